The first-order valence-corrected chi connectivity index (χ1v) is 8.47. The molecule has 0 aliphatic rings. The van der Waals surface area contributed by atoms with Crippen molar-refractivity contribution in [2.45, 2.75) is 31.7 Å². The van der Waals surface area contributed by atoms with Crippen molar-refractivity contribution in [3.05, 3.63) is 53.6 Å². The summed E-state index contributed by atoms with van der Waals surface area (Å²) in [6, 6.07) is 15.2. The van der Waals surface area contributed by atoms with Crippen LogP contribution in [0.5, 0.6) is 0 Å². The Kier molecular flexibility index (Phi) is 5.71. The van der Waals surface area contributed by atoms with E-state index >= 15 is 0 Å². The van der Waals surface area contributed by atoms with E-state index in [1.165, 1.54) is 27.4 Å². The third kappa shape index (κ3) is 3.60. The first-order valence-electron chi connectivity index (χ1n) is 7.48. The van der Waals surface area contributed by atoms with Crippen LogP contribution in [0, 0.1) is 0 Å². The fourth-order valence-corrected chi connectivity index (χ4v) is 3.31. The van der Waals surface area contributed by atoms with Gasteiger partial charge in [-0.2, -0.15) is 0 Å². The van der Waals surface area contributed by atoms with Crippen molar-refractivity contribution in [2.75, 3.05) is 17.7 Å². The Bertz CT molecular complexity index is 578. The highest BCUT2D eigenvalue weighted by Crippen LogP contribution is 2.33. The van der Waals surface area contributed by atoms with Crippen LogP contribution in [0.3, 0.4) is 0 Å². The third-order valence-corrected chi connectivity index (χ3v) is 4.69. The minimum Gasteiger partial charge on any atom is -0.344 e. The smallest absolute Gasteiger partial charge is 0.0464 e. The molecule has 0 aliphatic carbocycles. The minimum atomic E-state index is 0.565. The van der Waals surface area contributed by atoms with Crippen LogP contribution in [0.25, 0.3) is 0 Å². The lowest BCUT2D eigenvalue weighted by molar-refractivity contribution is 1.01. The van der Waals surface area contributed by atoms with Gasteiger partial charge in [0.05, 0.1) is 0 Å². The highest BCUT2D eigenvalue weighted by Gasteiger charge is 2.12. The summed E-state index contributed by atoms with van der Waals surface area (Å²) in [4.78, 5) is 3.51. The summed E-state index contributed by atoms with van der Waals surface area (Å²) >= 11 is 1.85. The van der Waals surface area contributed by atoms with Crippen molar-refractivity contribution >= 4 is 23.1 Å². The number of benzene rings is 2. The van der Waals surface area contributed by atoms with Crippen molar-refractivity contribution in [1.29, 1.82) is 0 Å². The lowest BCUT2D eigenvalue weighted by Gasteiger charge is -2.24. The van der Waals surface area contributed by atoms with Crippen molar-refractivity contribution < 1.29 is 0 Å². The Morgan fingerprint density at radius 2 is 1.76 bits per heavy atom. The highest BCUT2D eigenvalue weighted by atomic mass is 32.2. The lowest BCUT2D eigenvalue weighted by atomic mass is 10.1. The van der Waals surface area contributed by atoms with Crippen molar-refractivity contribution in [1.82, 2.24) is 0 Å². The Balaban J connectivity index is 2.37. The maximum atomic E-state index is 6.00. The van der Waals surface area contributed by atoms with Gasteiger partial charge in [-0.1, -0.05) is 32.0 Å². The van der Waals surface area contributed by atoms with E-state index in [2.05, 4.69) is 68.3 Å². The monoisotopic (exact) mass is 300 g/mol. The molecule has 2 nitrogen and oxygen atoms in total. The van der Waals surface area contributed by atoms with Gasteiger partial charge in [0.2, 0.25) is 0 Å². The summed E-state index contributed by atoms with van der Waals surface area (Å²) in [6.45, 7) is 4.91. The SMILES string of the molecule is CCSc1cccc(N(C)c2ccc(CC)cc2)c1CN. The van der Waals surface area contributed by atoms with E-state index in [1.807, 2.05) is 11.8 Å². The van der Waals surface area contributed by atoms with Crippen molar-refractivity contribution in [3.63, 3.8) is 0 Å². The molecule has 0 saturated carbocycles. The molecular formula is C18H24N2S. The molecule has 0 heterocycles. The fraction of sp³-hybridized carbons (Fsp3) is 0.333. The van der Waals surface area contributed by atoms with Crippen LogP contribution in [0.1, 0.15) is 25.0 Å². The third-order valence-electron chi connectivity index (χ3n) is 3.71. The number of rotatable bonds is 6. The van der Waals surface area contributed by atoms with Gasteiger partial charge in [-0.15, -0.1) is 11.8 Å². The van der Waals surface area contributed by atoms with Gasteiger partial charge in [-0.25, -0.2) is 0 Å². The standard InChI is InChI=1S/C18H24N2S/c1-4-14-9-11-15(12-10-14)20(3)17-7-6-8-18(21-5-2)16(17)13-19/h6-12H,4-5,13,19H2,1-3H3. The van der Waals surface area contributed by atoms with Crippen LogP contribution in [-0.2, 0) is 13.0 Å². The lowest BCUT2D eigenvalue weighted by Crippen LogP contribution is -2.14. The van der Waals surface area contributed by atoms with Gasteiger partial charge in [0, 0.05) is 35.4 Å². The summed E-state index contributed by atoms with van der Waals surface area (Å²) in [6.07, 6.45) is 1.07. The van der Waals surface area contributed by atoms with Gasteiger partial charge in [0.15, 0.2) is 0 Å². The molecule has 3 heteroatoms. The zero-order chi connectivity index (χ0) is 15.2. The fourth-order valence-electron chi connectivity index (χ4n) is 2.46. The molecule has 112 valence electrons. The van der Waals surface area contributed by atoms with Gasteiger partial charge in [0.25, 0.3) is 0 Å². The van der Waals surface area contributed by atoms with Gasteiger partial charge >= 0.3 is 0 Å². The van der Waals surface area contributed by atoms with Crippen LogP contribution in [0.15, 0.2) is 47.4 Å². The molecule has 0 saturated heterocycles. The number of nitrogens with two attached hydrogens (primary N) is 1. The molecule has 0 atom stereocenters. The minimum absolute atomic E-state index is 0.565. The zero-order valence-electron chi connectivity index (χ0n) is 13.1. The molecule has 0 amide bonds. The summed E-state index contributed by atoms with van der Waals surface area (Å²) in [5.74, 6) is 1.06. The number of nitrogens with zero attached hydrogens (tertiary/aromatic N) is 1. The van der Waals surface area contributed by atoms with E-state index in [0.717, 1.165) is 12.2 Å². The van der Waals surface area contributed by atoms with Crippen molar-refractivity contribution in [2.24, 2.45) is 5.73 Å². The predicted octanol–water partition coefficient (Wildman–Crippen LogP) is 4.59. The molecule has 21 heavy (non-hydrogen) atoms. The molecule has 2 N–H and O–H groups in total. The topological polar surface area (TPSA) is 29.3 Å². The van der Waals surface area contributed by atoms with E-state index < -0.39 is 0 Å². The van der Waals surface area contributed by atoms with Crippen molar-refractivity contribution in [3.8, 4) is 0 Å². The molecular weight excluding hydrogens is 276 g/mol. The maximum Gasteiger partial charge on any atom is 0.0464 e. The highest BCUT2D eigenvalue weighted by molar-refractivity contribution is 7.99. The predicted molar refractivity (Wildman–Crippen MR) is 94.6 cm³/mol. The van der Waals surface area contributed by atoms with Crippen LogP contribution in [-0.4, -0.2) is 12.8 Å². The second-order valence-electron chi connectivity index (χ2n) is 4.97. The Labute approximate surface area is 132 Å². The molecule has 0 aliphatic heterocycles. The number of thioether (sulfide) groups is 1. The summed E-state index contributed by atoms with van der Waals surface area (Å²) < 4.78 is 0. The van der Waals surface area contributed by atoms with Gasteiger partial charge in [-0.3, -0.25) is 0 Å². The second-order valence-corrected chi connectivity index (χ2v) is 6.28. The van der Waals surface area contributed by atoms with Gasteiger partial charge in [-0.05, 0) is 42.0 Å². The van der Waals surface area contributed by atoms with E-state index in [9.17, 15) is 0 Å². The second kappa shape index (κ2) is 7.53. The van der Waals surface area contributed by atoms with Gasteiger partial charge < -0.3 is 10.6 Å². The van der Waals surface area contributed by atoms with E-state index in [4.69, 9.17) is 5.73 Å². The van der Waals surface area contributed by atoms with E-state index in [0.29, 0.717) is 6.54 Å². The molecule has 2 aromatic carbocycles. The maximum absolute atomic E-state index is 6.00. The Morgan fingerprint density at radius 3 is 2.33 bits per heavy atom. The number of hydrogen-bond donors (Lipinski definition) is 1. The van der Waals surface area contributed by atoms with Crippen LogP contribution in [0.2, 0.25) is 0 Å². The number of aryl methyl sites for hydroxylation is 1. The molecule has 2 rings (SSSR count). The average Bonchev–Trinajstić information content (AvgIpc) is 2.54. The Hall–Kier alpha value is -1.45. The summed E-state index contributed by atoms with van der Waals surface area (Å²) in [5.41, 5.74) is 11.0. The van der Waals surface area contributed by atoms with Crippen LogP contribution in [0.4, 0.5) is 11.4 Å². The molecule has 0 spiro atoms. The summed E-state index contributed by atoms with van der Waals surface area (Å²) in [5, 5.41) is 0. The first-order chi connectivity index (χ1) is 10.2. The normalized spacial score (nSPS) is 10.7. The number of anilines is 2. The van der Waals surface area contributed by atoms with E-state index in [1.54, 1.807) is 0 Å². The first kappa shape index (κ1) is 15.9. The molecule has 2 aromatic rings. The van der Waals surface area contributed by atoms with E-state index in [-0.39, 0.29) is 0 Å². The molecule has 0 bridgehead atoms. The molecule has 0 aromatic heterocycles. The largest absolute Gasteiger partial charge is 0.344 e. The summed E-state index contributed by atoms with van der Waals surface area (Å²) in [7, 11) is 2.11. The Morgan fingerprint density at radius 1 is 1.05 bits per heavy atom. The quantitative estimate of drug-likeness (QED) is 0.791. The zero-order valence-corrected chi connectivity index (χ0v) is 13.9. The molecule has 0 radical (unpaired) electrons. The van der Waals surface area contributed by atoms with Crippen LogP contribution < -0.4 is 10.6 Å². The van der Waals surface area contributed by atoms with Crippen LogP contribution >= 0.6 is 11.8 Å². The molecule has 0 unspecified atom stereocenters. The van der Waals surface area contributed by atoms with Gasteiger partial charge in [0.1, 0.15) is 0 Å². The number of hydrogen-bond acceptors (Lipinski definition) is 3. The molecule has 0 fully saturated rings. The average molecular weight is 300 g/mol.